The van der Waals surface area contributed by atoms with Gasteiger partial charge in [-0.3, -0.25) is 0 Å². The summed E-state index contributed by atoms with van der Waals surface area (Å²) in [4.78, 5) is 10.7. The summed E-state index contributed by atoms with van der Waals surface area (Å²) in [6.45, 7) is 2.55. The van der Waals surface area contributed by atoms with Gasteiger partial charge in [-0.2, -0.15) is 0 Å². The van der Waals surface area contributed by atoms with Gasteiger partial charge in [-0.05, 0) is 30.5 Å². The third-order valence-electron chi connectivity index (χ3n) is 3.89. The van der Waals surface area contributed by atoms with E-state index in [0.717, 1.165) is 25.3 Å². The minimum absolute atomic E-state index is 0.315. The Hall–Kier alpha value is -1.39. The second-order valence-corrected chi connectivity index (χ2v) is 5.39. The highest BCUT2D eigenvalue weighted by molar-refractivity contribution is 5.87. The van der Waals surface area contributed by atoms with Crippen molar-refractivity contribution in [2.75, 3.05) is 20.3 Å². The molecule has 1 saturated carbocycles. The third kappa shape index (κ3) is 3.55. The molecule has 0 spiro atoms. The summed E-state index contributed by atoms with van der Waals surface area (Å²) >= 11 is 0. The van der Waals surface area contributed by atoms with Crippen LogP contribution in [0.4, 0.5) is 0 Å². The SMILES string of the molecule is COCC1(CNCc2ccc(C(=O)O)cc2)CCC1. The van der Waals surface area contributed by atoms with Gasteiger partial charge >= 0.3 is 5.97 Å². The lowest BCUT2D eigenvalue weighted by molar-refractivity contribution is 0.0177. The maximum Gasteiger partial charge on any atom is 0.335 e. The lowest BCUT2D eigenvalue weighted by atomic mass is 9.69. The van der Waals surface area contributed by atoms with E-state index in [4.69, 9.17) is 9.84 Å². The van der Waals surface area contributed by atoms with Crippen LogP contribution in [-0.4, -0.2) is 31.3 Å². The number of hydrogen-bond donors (Lipinski definition) is 2. The molecule has 2 rings (SSSR count). The monoisotopic (exact) mass is 263 g/mol. The number of carbonyl (C=O) groups is 1. The second kappa shape index (κ2) is 6.17. The van der Waals surface area contributed by atoms with Crippen LogP contribution in [0.1, 0.15) is 35.2 Å². The molecule has 4 nitrogen and oxygen atoms in total. The summed E-state index contributed by atoms with van der Waals surface area (Å²) in [6, 6.07) is 7.02. The van der Waals surface area contributed by atoms with Crippen LogP contribution in [0.25, 0.3) is 0 Å². The summed E-state index contributed by atoms with van der Waals surface area (Å²) < 4.78 is 5.29. The highest BCUT2D eigenvalue weighted by Crippen LogP contribution is 2.40. The van der Waals surface area contributed by atoms with Crippen molar-refractivity contribution in [2.24, 2.45) is 5.41 Å². The van der Waals surface area contributed by atoms with E-state index >= 15 is 0 Å². The summed E-state index contributed by atoms with van der Waals surface area (Å²) in [5, 5.41) is 12.3. The zero-order valence-corrected chi connectivity index (χ0v) is 11.3. The Kier molecular flexibility index (Phi) is 4.56. The van der Waals surface area contributed by atoms with Crippen LogP contribution < -0.4 is 5.32 Å². The predicted molar refractivity (Wildman–Crippen MR) is 73.3 cm³/mol. The van der Waals surface area contributed by atoms with Crippen molar-refractivity contribution in [3.8, 4) is 0 Å². The number of hydrogen-bond acceptors (Lipinski definition) is 3. The zero-order valence-electron chi connectivity index (χ0n) is 11.3. The van der Waals surface area contributed by atoms with Crippen molar-refractivity contribution >= 4 is 5.97 Å². The number of carboxylic acid groups (broad SMARTS) is 1. The summed E-state index contributed by atoms with van der Waals surface area (Å²) in [7, 11) is 1.75. The van der Waals surface area contributed by atoms with E-state index in [-0.39, 0.29) is 0 Å². The van der Waals surface area contributed by atoms with Gasteiger partial charge < -0.3 is 15.2 Å². The zero-order chi connectivity index (χ0) is 13.7. The maximum absolute atomic E-state index is 10.7. The Morgan fingerprint density at radius 2 is 2.05 bits per heavy atom. The van der Waals surface area contributed by atoms with E-state index in [2.05, 4.69) is 5.32 Å². The molecular weight excluding hydrogens is 242 g/mol. The highest BCUT2D eigenvalue weighted by Gasteiger charge is 2.36. The topological polar surface area (TPSA) is 58.6 Å². The Morgan fingerprint density at radius 3 is 2.53 bits per heavy atom. The van der Waals surface area contributed by atoms with Crippen molar-refractivity contribution in [2.45, 2.75) is 25.8 Å². The van der Waals surface area contributed by atoms with E-state index in [9.17, 15) is 4.79 Å². The van der Waals surface area contributed by atoms with Gasteiger partial charge in [-0.1, -0.05) is 18.6 Å². The molecule has 0 heterocycles. The quantitative estimate of drug-likeness (QED) is 0.792. The fraction of sp³-hybridized carbons (Fsp3) is 0.533. The first-order valence-corrected chi connectivity index (χ1v) is 6.67. The molecule has 0 amide bonds. The van der Waals surface area contributed by atoms with Gasteiger partial charge in [0.25, 0.3) is 0 Å². The molecule has 0 bridgehead atoms. The lowest BCUT2D eigenvalue weighted by Crippen LogP contribution is -2.43. The van der Waals surface area contributed by atoms with Crippen LogP contribution in [0.3, 0.4) is 0 Å². The predicted octanol–water partition coefficient (Wildman–Crippen LogP) is 2.29. The van der Waals surface area contributed by atoms with Crippen LogP contribution in [-0.2, 0) is 11.3 Å². The number of benzene rings is 1. The van der Waals surface area contributed by atoms with Crippen LogP contribution in [0.5, 0.6) is 0 Å². The molecule has 104 valence electrons. The molecule has 1 aromatic rings. The smallest absolute Gasteiger partial charge is 0.335 e. The molecular formula is C15H21NO3. The first kappa shape index (κ1) is 14.0. The van der Waals surface area contributed by atoms with E-state index in [1.54, 1.807) is 19.2 Å². The summed E-state index contributed by atoms with van der Waals surface area (Å²) in [5.41, 5.74) is 1.76. The highest BCUT2D eigenvalue weighted by atomic mass is 16.5. The van der Waals surface area contributed by atoms with Gasteiger partial charge in [-0.15, -0.1) is 0 Å². The van der Waals surface area contributed by atoms with E-state index in [1.807, 2.05) is 12.1 Å². The fourth-order valence-electron chi connectivity index (χ4n) is 2.59. The minimum atomic E-state index is -0.881. The molecule has 1 fully saturated rings. The average molecular weight is 263 g/mol. The largest absolute Gasteiger partial charge is 0.478 e. The third-order valence-corrected chi connectivity index (χ3v) is 3.89. The molecule has 0 aliphatic heterocycles. The number of aromatic carboxylic acids is 1. The van der Waals surface area contributed by atoms with Gasteiger partial charge in [0, 0.05) is 25.6 Å². The number of carboxylic acids is 1. The fourth-order valence-corrected chi connectivity index (χ4v) is 2.59. The number of rotatable bonds is 7. The summed E-state index contributed by atoms with van der Waals surface area (Å²) in [5.74, 6) is -0.881. The first-order valence-electron chi connectivity index (χ1n) is 6.67. The maximum atomic E-state index is 10.7. The average Bonchev–Trinajstić information content (AvgIpc) is 2.36. The van der Waals surface area contributed by atoms with Gasteiger partial charge in [-0.25, -0.2) is 4.79 Å². The van der Waals surface area contributed by atoms with Crippen LogP contribution in [0.2, 0.25) is 0 Å². The van der Waals surface area contributed by atoms with Crippen LogP contribution in [0, 0.1) is 5.41 Å². The van der Waals surface area contributed by atoms with Gasteiger partial charge in [0.15, 0.2) is 0 Å². The standard InChI is InChI=1S/C15H21NO3/c1-19-11-15(7-2-8-15)10-16-9-12-3-5-13(6-4-12)14(17)18/h3-6,16H,2,7-11H2,1H3,(H,17,18). The normalized spacial score (nSPS) is 16.9. The van der Waals surface area contributed by atoms with Crippen molar-refractivity contribution in [3.05, 3.63) is 35.4 Å². The van der Waals surface area contributed by atoms with Crippen molar-refractivity contribution < 1.29 is 14.6 Å². The Bertz CT molecular complexity index is 424. The first-order chi connectivity index (χ1) is 9.15. The molecule has 0 atom stereocenters. The van der Waals surface area contributed by atoms with E-state index in [0.29, 0.717) is 11.0 Å². The van der Waals surface area contributed by atoms with Crippen LogP contribution >= 0.6 is 0 Å². The second-order valence-electron chi connectivity index (χ2n) is 5.39. The molecule has 1 aliphatic rings. The van der Waals surface area contributed by atoms with Crippen molar-refractivity contribution in [1.82, 2.24) is 5.32 Å². The molecule has 19 heavy (non-hydrogen) atoms. The number of methoxy groups -OCH3 is 1. The molecule has 0 saturated heterocycles. The molecule has 1 aromatic carbocycles. The van der Waals surface area contributed by atoms with E-state index < -0.39 is 5.97 Å². The van der Waals surface area contributed by atoms with Gasteiger partial charge in [0.05, 0.1) is 12.2 Å². The molecule has 0 radical (unpaired) electrons. The van der Waals surface area contributed by atoms with Crippen molar-refractivity contribution in [3.63, 3.8) is 0 Å². The lowest BCUT2D eigenvalue weighted by Gasteiger charge is -2.41. The molecule has 0 unspecified atom stereocenters. The molecule has 2 N–H and O–H groups in total. The van der Waals surface area contributed by atoms with E-state index in [1.165, 1.54) is 19.3 Å². The Morgan fingerprint density at radius 1 is 1.37 bits per heavy atom. The number of nitrogens with one attached hydrogen (secondary N) is 1. The van der Waals surface area contributed by atoms with Gasteiger partial charge in [0.1, 0.15) is 0 Å². The van der Waals surface area contributed by atoms with Crippen molar-refractivity contribution in [1.29, 1.82) is 0 Å². The number of ether oxygens (including phenoxy) is 1. The Balaban J connectivity index is 1.80. The minimum Gasteiger partial charge on any atom is -0.478 e. The summed E-state index contributed by atoms with van der Waals surface area (Å²) in [6.07, 6.45) is 3.75. The Labute approximate surface area is 113 Å². The van der Waals surface area contributed by atoms with Crippen LogP contribution in [0.15, 0.2) is 24.3 Å². The molecule has 1 aliphatic carbocycles. The van der Waals surface area contributed by atoms with Gasteiger partial charge in [0.2, 0.25) is 0 Å². The molecule has 0 aromatic heterocycles. The molecule has 4 heteroatoms.